The number of carbonyl (C=O) groups is 1. The van der Waals surface area contributed by atoms with E-state index in [-0.39, 0.29) is 24.6 Å². The third-order valence-corrected chi connectivity index (χ3v) is 2.81. The standard InChI is InChI=1S/C13H17F3N2O/c1-3-18(2)12(19)9-17-8-10-6-4-5-7-11(10)13(14,15)16/h4-7,17H,3,8-9H2,1-2H3. The Kier molecular flexibility index (Phi) is 5.35. The van der Waals surface area contributed by atoms with Crippen molar-refractivity contribution >= 4 is 5.91 Å². The number of amides is 1. The summed E-state index contributed by atoms with van der Waals surface area (Å²) in [7, 11) is 1.65. The molecule has 0 heterocycles. The molecule has 106 valence electrons. The van der Waals surface area contributed by atoms with Gasteiger partial charge in [0.05, 0.1) is 12.1 Å². The van der Waals surface area contributed by atoms with Crippen LogP contribution in [-0.4, -0.2) is 30.9 Å². The van der Waals surface area contributed by atoms with Crippen LogP contribution in [0.4, 0.5) is 13.2 Å². The van der Waals surface area contributed by atoms with E-state index in [9.17, 15) is 18.0 Å². The van der Waals surface area contributed by atoms with Gasteiger partial charge in [-0.2, -0.15) is 13.2 Å². The molecule has 0 saturated heterocycles. The third-order valence-electron chi connectivity index (χ3n) is 2.81. The summed E-state index contributed by atoms with van der Waals surface area (Å²) < 4.78 is 38.1. The first-order chi connectivity index (χ1) is 8.86. The monoisotopic (exact) mass is 274 g/mol. The summed E-state index contributed by atoms with van der Waals surface area (Å²) in [6, 6.07) is 5.34. The molecule has 6 heteroatoms. The van der Waals surface area contributed by atoms with Gasteiger partial charge in [-0.3, -0.25) is 4.79 Å². The smallest absolute Gasteiger partial charge is 0.345 e. The second-order valence-electron chi connectivity index (χ2n) is 4.17. The van der Waals surface area contributed by atoms with Crippen LogP contribution < -0.4 is 5.32 Å². The van der Waals surface area contributed by atoms with Crippen LogP contribution in [0.25, 0.3) is 0 Å². The summed E-state index contributed by atoms with van der Waals surface area (Å²) >= 11 is 0. The number of hydrogen-bond donors (Lipinski definition) is 1. The molecule has 1 rings (SSSR count). The maximum Gasteiger partial charge on any atom is 0.416 e. The molecule has 1 N–H and O–H groups in total. The zero-order valence-corrected chi connectivity index (χ0v) is 10.9. The normalized spacial score (nSPS) is 11.4. The van der Waals surface area contributed by atoms with Gasteiger partial charge in [-0.1, -0.05) is 18.2 Å². The average molecular weight is 274 g/mol. The molecule has 0 unspecified atom stereocenters. The summed E-state index contributed by atoms with van der Waals surface area (Å²) in [5.74, 6) is -0.146. The van der Waals surface area contributed by atoms with Crippen LogP contribution in [-0.2, 0) is 17.5 Å². The van der Waals surface area contributed by atoms with Crippen molar-refractivity contribution in [2.45, 2.75) is 19.6 Å². The second kappa shape index (κ2) is 6.56. The lowest BCUT2D eigenvalue weighted by Gasteiger charge is -2.16. The summed E-state index contributed by atoms with van der Waals surface area (Å²) in [6.45, 7) is 2.44. The Labute approximate surface area is 110 Å². The van der Waals surface area contributed by atoms with Gasteiger partial charge >= 0.3 is 6.18 Å². The van der Waals surface area contributed by atoms with Crippen molar-refractivity contribution in [3.05, 3.63) is 35.4 Å². The highest BCUT2D eigenvalue weighted by Gasteiger charge is 2.32. The van der Waals surface area contributed by atoms with Gasteiger partial charge < -0.3 is 10.2 Å². The largest absolute Gasteiger partial charge is 0.416 e. The molecule has 0 spiro atoms. The van der Waals surface area contributed by atoms with Gasteiger partial charge in [0, 0.05) is 20.1 Å². The Balaban J connectivity index is 2.62. The first kappa shape index (κ1) is 15.5. The Morgan fingerprint density at radius 3 is 2.53 bits per heavy atom. The van der Waals surface area contributed by atoms with Crippen molar-refractivity contribution in [3.63, 3.8) is 0 Å². The average Bonchev–Trinajstić information content (AvgIpc) is 2.37. The van der Waals surface area contributed by atoms with E-state index in [0.29, 0.717) is 6.54 Å². The first-order valence-electron chi connectivity index (χ1n) is 5.96. The van der Waals surface area contributed by atoms with E-state index in [4.69, 9.17) is 0 Å². The molecular weight excluding hydrogens is 257 g/mol. The number of carbonyl (C=O) groups excluding carboxylic acids is 1. The maximum absolute atomic E-state index is 12.7. The van der Waals surface area contributed by atoms with E-state index in [1.165, 1.54) is 17.0 Å². The molecule has 1 aromatic carbocycles. The number of benzene rings is 1. The lowest BCUT2D eigenvalue weighted by Crippen LogP contribution is -2.35. The number of rotatable bonds is 5. The van der Waals surface area contributed by atoms with Crippen LogP contribution in [0.1, 0.15) is 18.1 Å². The van der Waals surface area contributed by atoms with E-state index in [1.807, 2.05) is 6.92 Å². The molecule has 0 bridgehead atoms. The fraction of sp³-hybridized carbons (Fsp3) is 0.462. The molecule has 3 nitrogen and oxygen atoms in total. The van der Waals surface area contributed by atoms with Crippen LogP contribution in [0.5, 0.6) is 0 Å². The van der Waals surface area contributed by atoms with Crippen LogP contribution in [0, 0.1) is 0 Å². The number of halogens is 3. The fourth-order valence-corrected chi connectivity index (χ4v) is 1.57. The molecule has 1 aromatic rings. The van der Waals surface area contributed by atoms with Gasteiger partial charge in [0.2, 0.25) is 5.91 Å². The van der Waals surface area contributed by atoms with Crippen molar-refractivity contribution in [2.75, 3.05) is 20.1 Å². The van der Waals surface area contributed by atoms with E-state index in [2.05, 4.69) is 5.32 Å². The zero-order valence-electron chi connectivity index (χ0n) is 10.9. The lowest BCUT2D eigenvalue weighted by atomic mass is 10.1. The molecule has 0 aliphatic rings. The SMILES string of the molecule is CCN(C)C(=O)CNCc1ccccc1C(F)(F)F. The predicted octanol–water partition coefficient (Wildman–Crippen LogP) is 2.27. The van der Waals surface area contributed by atoms with Gasteiger partial charge in [0.25, 0.3) is 0 Å². The second-order valence-corrected chi connectivity index (χ2v) is 4.17. The van der Waals surface area contributed by atoms with Crippen LogP contribution >= 0.6 is 0 Å². The molecule has 0 aliphatic carbocycles. The van der Waals surface area contributed by atoms with Crippen LogP contribution in [0.3, 0.4) is 0 Å². The number of nitrogens with zero attached hydrogens (tertiary/aromatic N) is 1. The van der Waals surface area contributed by atoms with Crippen molar-refractivity contribution < 1.29 is 18.0 Å². The molecular formula is C13H17F3N2O. The Morgan fingerprint density at radius 2 is 1.95 bits per heavy atom. The Bertz CT molecular complexity index is 432. The molecule has 0 radical (unpaired) electrons. The van der Waals surface area contributed by atoms with Gasteiger partial charge in [0.1, 0.15) is 0 Å². The summed E-state index contributed by atoms with van der Waals surface area (Å²) in [5.41, 5.74) is -0.527. The molecule has 19 heavy (non-hydrogen) atoms. The number of alkyl halides is 3. The van der Waals surface area contributed by atoms with Crippen molar-refractivity contribution in [1.82, 2.24) is 10.2 Å². The fourth-order valence-electron chi connectivity index (χ4n) is 1.57. The number of likely N-dealkylation sites (N-methyl/N-ethyl adjacent to an activating group) is 1. The van der Waals surface area contributed by atoms with Crippen molar-refractivity contribution in [2.24, 2.45) is 0 Å². The lowest BCUT2D eigenvalue weighted by molar-refractivity contribution is -0.138. The van der Waals surface area contributed by atoms with E-state index in [1.54, 1.807) is 13.1 Å². The zero-order chi connectivity index (χ0) is 14.5. The predicted molar refractivity (Wildman–Crippen MR) is 66.5 cm³/mol. The molecule has 0 fully saturated rings. The summed E-state index contributed by atoms with van der Waals surface area (Å²) in [5, 5.41) is 2.74. The molecule has 0 atom stereocenters. The highest BCUT2D eigenvalue weighted by Crippen LogP contribution is 2.31. The first-order valence-corrected chi connectivity index (χ1v) is 5.96. The maximum atomic E-state index is 12.7. The van der Waals surface area contributed by atoms with Crippen LogP contribution in [0.15, 0.2) is 24.3 Å². The van der Waals surface area contributed by atoms with Crippen molar-refractivity contribution in [1.29, 1.82) is 0 Å². The number of nitrogens with one attached hydrogen (secondary N) is 1. The van der Waals surface area contributed by atoms with Gasteiger partial charge in [-0.05, 0) is 18.6 Å². The molecule has 0 aliphatic heterocycles. The minimum Gasteiger partial charge on any atom is -0.345 e. The topological polar surface area (TPSA) is 32.3 Å². The molecule has 0 saturated carbocycles. The Morgan fingerprint density at radius 1 is 1.32 bits per heavy atom. The highest BCUT2D eigenvalue weighted by molar-refractivity contribution is 5.77. The van der Waals surface area contributed by atoms with E-state index < -0.39 is 11.7 Å². The highest BCUT2D eigenvalue weighted by atomic mass is 19.4. The minimum atomic E-state index is -4.37. The molecule has 0 aromatic heterocycles. The number of hydrogen-bond acceptors (Lipinski definition) is 2. The van der Waals surface area contributed by atoms with Crippen LogP contribution in [0.2, 0.25) is 0 Å². The summed E-state index contributed by atoms with van der Waals surface area (Å²) in [4.78, 5) is 13.0. The van der Waals surface area contributed by atoms with E-state index >= 15 is 0 Å². The van der Waals surface area contributed by atoms with E-state index in [0.717, 1.165) is 6.07 Å². The minimum absolute atomic E-state index is 0.0129. The molecule has 1 amide bonds. The summed E-state index contributed by atoms with van der Waals surface area (Å²) in [6.07, 6.45) is -4.37. The Hall–Kier alpha value is -1.56. The van der Waals surface area contributed by atoms with Crippen molar-refractivity contribution in [3.8, 4) is 0 Å². The quantitative estimate of drug-likeness (QED) is 0.893. The van der Waals surface area contributed by atoms with Gasteiger partial charge in [0.15, 0.2) is 0 Å². The van der Waals surface area contributed by atoms with Gasteiger partial charge in [-0.15, -0.1) is 0 Å². The van der Waals surface area contributed by atoms with Gasteiger partial charge in [-0.25, -0.2) is 0 Å². The third kappa shape index (κ3) is 4.55.